The van der Waals surface area contributed by atoms with Crippen molar-refractivity contribution < 1.29 is 13.9 Å². The van der Waals surface area contributed by atoms with E-state index in [-0.39, 0.29) is 11.4 Å². The van der Waals surface area contributed by atoms with E-state index in [1.165, 1.54) is 31.6 Å². The molecular weight excluding hydrogens is 223 g/mol. The van der Waals surface area contributed by atoms with Crippen molar-refractivity contribution in [3.63, 3.8) is 0 Å². The summed E-state index contributed by atoms with van der Waals surface area (Å²) in [5.41, 5.74) is 0.735. The molecule has 0 aliphatic carbocycles. The summed E-state index contributed by atoms with van der Waals surface area (Å²) in [6.45, 7) is 0. The number of methoxy groups -OCH3 is 1. The smallest absolute Gasteiger partial charge is 0.356 e. The minimum absolute atomic E-state index is 0.0701. The molecule has 17 heavy (non-hydrogen) atoms. The molecule has 0 spiro atoms. The first kappa shape index (κ1) is 11.2. The van der Waals surface area contributed by atoms with Gasteiger partial charge in [-0.15, -0.1) is 0 Å². The number of nitrogens with zero attached hydrogens (tertiary/aromatic N) is 2. The predicted octanol–water partition coefficient (Wildman–Crippen LogP) is 2.07. The number of halogens is 1. The Hall–Kier alpha value is -2.30. The number of pyridine rings is 2. The average Bonchev–Trinajstić information content (AvgIpc) is 2.39. The standard InChI is InChI=1S/C12H9FN2O2/c1-17-12(16)10-3-2-9(13)11(15-10)8-4-6-14-7-5-8/h2-7H,1H3. The first-order valence-corrected chi connectivity index (χ1v) is 4.87. The van der Waals surface area contributed by atoms with Crippen LogP contribution in [0.15, 0.2) is 36.7 Å². The fourth-order valence-electron chi connectivity index (χ4n) is 1.37. The van der Waals surface area contributed by atoms with Crippen LogP contribution in [0.25, 0.3) is 11.3 Å². The molecular formula is C12H9FN2O2. The van der Waals surface area contributed by atoms with Crippen molar-refractivity contribution in [2.75, 3.05) is 7.11 Å². The highest BCUT2D eigenvalue weighted by Crippen LogP contribution is 2.20. The summed E-state index contributed by atoms with van der Waals surface area (Å²) in [6, 6.07) is 5.71. The first-order valence-electron chi connectivity index (χ1n) is 4.87. The molecule has 0 amide bonds. The van der Waals surface area contributed by atoms with Crippen molar-refractivity contribution >= 4 is 5.97 Å². The molecule has 0 radical (unpaired) electrons. The van der Waals surface area contributed by atoms with Crippen molar-refractivity contribution in [1.29, 1.82) is 0 Å². The fraction of sp³-hybridized carbons (Fsp3) is 0.0833. The van der Waals surface area contributed by atoms with Crippen LogP contribution < -0.4 is 0 Å². The normalized spacial score (nSPS) is 10.0. The number of esters is 1. The topological polar surface area (TPSA) is 52.1 Å². The van der Waals surface area contributed by atoms with E-state index in [1.54, 1.807) is 12.1 Å². The van der Waals surface area contributed by atoms with E-state index in [1.807, 2.05) is 0 Å². The third-order valence-electron chi connectivity index (χ3n) is 2.19. The van der Waals surface area contributed by atoms with Gasteiger partial charge in [0.1, 0.15) is 17.2 Å². The maximum absolute atomic E-state index is 13.6. The van der Waals surface area contributed by atoms with Crippen LogP contribution in [0.2, 0.25) is 0 Å². The molecule has 0 saturated carbocycles. The number of hydrogen-bond acceptors (Lipinski definition) is 4. The molecule has 5 heteroatoms. The summed E-state index contributed by atoms with van der Waals surface area (Å²) >= 11 is 0. The molecule has 2 aromatic heterocycles. The van der Waals surface area contributed by atoms with E-state index in [0.29, 0.717) is 5.56 Å². The van der Waals surface area contributed by atoms with Crippen molar-refractivity contribution in [1.82, 2.24) is 9.97 Å². The fourth-order valence-corrected chi connectivity index (χ4v) is 1.37. The summed E-state index contributed by atoms with van der Waals surface area (Å²) in [4.78, 5) is 19.1. The van der Waals surface area contributed by atoms with Crippen LogP contribution in [0.5, 0.6) is 0 Å². The van der Waals surface area contributed by atoms with Gasteiger partial charge in [0.2, 0.25) is 0 Å². The second kappa shape index (κ2) is 4.69. The van der Waals surface area contributed by atoms with Crippen LogP contribution in [0.4, 0.5) is 4.39 Å². The van der Waals surface area contributed by atoms with Gasteiger partial charge in [0.25, 0.3) is 0 Å². The zero-order valence-electron chi connectivity index (χ0n) is 9.05. The summed E-state index contributed by atoms with van der Waals surface area (Å²) in [5.74, 6) is -1.09. The Balaban J connectivity index is 2.50. The van der Waals surface area contributed by atoms with Gasteiger partial charge in [0.15, 0.2) is 0 Å². The Labute approximate surface area is 97.1 Å². The van der Waals surface area contributed by atoms with Gasteiger partial charge >= 0.3 is 5.97 Å². The third-order valence-corrected chi connectivity index (χ3v) is 2.19. The lowest BCUT2D eigenvalue weighted by Crippen LogP contribution is -2.05. The summed E-state index contributed by atoms with van der Waals surface area (Å²) in [5, 5.41) is 0. The highest BCUT2D eigenvalue weighted by Gasteiger charge is 2.12. The van der Waals surface area contributed by atoms with E-state index in [2.05, 4.69) is 14.7 Å². The van der Waals surface area contributed by atoms with Crippen LogP contribution in [0.3, 0.4) is 0 Å². The lowest BCUT2D eigenvalue weighted by atomic mass is 10.1. The lowest BCUT2D eigenvalue weighted by Gasteiger charge is -2.04. The van der Waals surface area contributed by atoms with Gasteiger partial charge in [-0.2, -0.15) is 0 Å². The zero-order valence-corrected chi connectivity index (χ0v) is 9.05. The van der Waals surface area contributed by atoms with Gasteiger partial charge in [-0.3, -0.25) is 4.98 Å². The Bertz CT molecular complexity index is 543. The molecule has 0 saturated heterocycles. The zero-order chi connectivity index (χ0) is 12.3. The molecule has 0 unspecified atom stereocenters. The summed E-state index contributed by atoms with van der Waals surface area (Å²) in [6.07, 6.45) is 3.06. The predicted molar refractivity (Wildman–Crippen MR) is 58.8 cm³/mol. The van der Waals surface area contributed by atoms with E-state index in [4.69, 9.17) is 0 Å². The Morgan fingerprint density at radius 1 is 1.24 bits per heavy atom. The first-order chi connectivity index (χ1) is 8.22. The molecule has 2 heterocycles. The number of carbonyl (C=O) groups is 1. The third kappa shape index (κ3) is 2.28. The van der Waals surface area contributed by atoms with Crippen LogP contribution in [-0.2, 0) is 4.74 Å². The number of carbonyl (C=O) groups excluding carboxylic acids is 1. The number of ether oxygens (including phenoxy) is 1. The highest BCUT2D eigenvalue weighted by atomic mass is 19.1. The Morgan fingerprint density at radius 2 is 1.94 bits per heavy atom. The average molecular weight is 232 g/mol. The van der Waals surface area contributed by atoms with Crippen LogP contribution in [-0.4, -0.2) is 23.0 Å². The van der Waals surface area contributed by atoms with Gasteiger partial charge in [-0.05, 0) is 24.3 Å². The van der Waals surface area contributed by atoms with Crippen molar-refractivity contribution in [3.05, 3.63) is 48.2 Å². The molecule has 0 atom stereocenters. The summed E-state index contributed by atoms with van der Waals surface area (Å²) < 4.78 is 18.1. The van der Waals surface area contributed by atoms with Crippen molar-refractivity contribution in [2.24, 2.45) is 0 Å². The molecule has 0 aliphatic rings. The number of hydrogen-bond donors (Lipinski definition) is 0. The highest BCUT2D eigenvalue weighted by molar-refractivity contribution is 5.87. The summed E-state index contributed by atoms with van der Waals surface area (Å²) in [7, 11) is 1.25. The molecule has 4 nitrogen and oxygen atoms in total. The van der Waals surface area contributed by atoms with E-state index in [9.17, 15) is 9.18 Å². The molecule has 0 aromatic carbocycles. The molecule has 2 aromatic rings. The second-order valence-corrected chi connectivity index (χ2v) is 3.25. The van der Waals surface area contributed by atoms with Crippen molar-refractivity contribution in [2.45, 2.75) is 0 Å². The van der Waals surface area contributed by atoms with Crippen LogP contribution in [0, 0.1) is 5.82 Å². The lowest BCUT2D eigenvalue weighted by molar-refractivity contribution is 0.0594. The van der Waals surface area contributed by atoms with E-state index in [0.717, 1.165) is 0 Å². The minimum atomic E-state index is -0.597. The maximum Gasteiger partial charge on any atom is 0.356 e. The van der Waals surface area contributed by atoms with Gasteiger partial charge in [-0.25, -0.2) is 14.2 Å². The molecule has 86 valence electrons. The quantitative estimate of drug-likeness (QED) is 0.744. The van der Waals surface area contributed by atoms with Gasteiger partial charge in [0.05, 0.1) is 7.11 Å². The van der Waals surface area contributed by atoms with Gasteiger partial charge < -0.3 is 4.74 Å². The van der Waals surface area contributed by atoms with E-state index >= 15 is 0 Å². The number of rotatable bonds is 2. The molecule has 0 bridgehead atoms. The molecule has 0 aliphatic heterocycles. The van der Waals surface area contributed by atoms with E-state index < -0.39 is 11.8 Å². The SMILES string of the molecule is COC(=O)c1ccc(F)c(-c2ccncc2)n1. The van der Waals surface area contributed by atoms with Crippen molar-refractivity contribution in [3.8, 4) is 11.3 Å². The monoisotopic (exact) mass is 232 g/mol. The largest absolute Gasteiger partial charge is 0.464 e. The molecule has 0 fully saturated rings. The van der Waals surface area contributed by atoms with Gasteiger partial charge in [0, 0.05) is 18.0 Å². The Morgan fingerprint density at radius 3 is 2.59 bits per heavy atom. The minimum Gasteiger partial charge on any atom is -0.464 e. The van der Waals surface area contributed by atoms with Crippen LogP contribution >= 0.6 is 0 Å². The molecule has 0 N–H and O–H groups in total. The second-order valence-electron chi connectivity index (χ2n) is 3.25. The Kier molecular flexibility index (Phi) is 3.09. The maximum atomic E-state index is 13.6. The molecule has 2 rings (SSSR count). The van der Waals surface area contributed by atoms with Gasteiger partial charge in [-0.1, -0.05) is 0 Å². The van der Waals surface area contributed by atoms with Crippen LogP contribution in [0.1, 0.15) is 10.5 Å². The number of aromatic nitrogens is 2.